The summed E-state index contributed by atoms with van der Waals surface area (Å²) >= 11 is 14.9. The van der Waals surface area contributed by atoms with Gasteiger partial charge in [-0.05, 0) is 64.9 Å². The van der Waals surface area contributed by atoms with Crippen molar-refractivity contribution in [1.29, 1.82) is 0 Å². The van der Waals surface area contributed by atoms with Crippen LogP contribution < -0.4 is 0 Å². The number of H-pyrrole nitrogens is 1. The van der Waals surface area contributed by atoms with Gasteiger partial charge in [-0.15, -0.1) is 0 Å². The number of imidazole rings is 1. The van der Waals surface area contributed by atoms with Crippen LogP contribution in [-0.4, -0.2) is 9.55 Å². The molecule has 1 aromatic heterocycles. The number of fused-ring (bicyclic) bond motifs is 1. The third-order valence-corrected chi connectivity index (χ3v) is 4.57. The molecule has 3 aromatic rings. The molecule has 0 saturated carbocycles. The third-order valence-electron chi connectivity index (χ3n) is 3.07. The Balaban J connectivity index is 2.39. The lowest BCUT2D eigenvalue weighted by Crippen LogP contribution is -1.95. The summed E-state index contributed by atoms with van der Waals surface area (Å²) in [6.45, 7) is 2.08. The molecule has 96 valence electrons. The van der Waals surface area contributed by atoms with Gasteiger partial charge in [0.1, 0.15) is 0 Å². The molecule has 0 spiro atoms. The maximum Gasteiger partial charge on any atom is 0.182 e. The molecule has 0 saturated heterocycles. The Morgan fingerprint density at radius 3 is 2.79 bits per heavy atom. The van der Waals surface area contributed by atoms with Gasteiger partial charge in [0.15, 0.2) is 4.77 Å². The van der Waals surface area contributed by atoms with E-state index in [4.69, 9.17) is 23.8 Å². The van der Waals surface area contributed by atoms with Crippen LogP contribution in [0.3, 0.4) is 0 Å². The Morgan fingerprint density at radius 2 is 2.05 bits per heavy atom. The van der Waals surface area contributed by atoms with E-state index in [2.05, 4.69) is 33.9 Å². The maximum absolute atomic E-state index is 6.04. The van der Waals surface area contributed by atoms with Crippen molar-refractivity contribution in [2.45, 2.75) is 6.92 Å². The van der Waals surface area contributed by atoms with Gasteiger partial charge in [-0.3, -0.25) is 4.57 Å². The minimum atomic E-state index is 0.679. The van der Waals surface area contributed by atoms with Crippen molar-refractivity contribution in [1.82, 2.24) is 9.55 Å². The predicted octanol–water partition coefficient (Wildman–Crippen LogP) is 5.41. The first-order valence-electron chi connectivity index (χ1n) is 5.73. The zero-order chi connectivity index (χ0) is 13.6. The number of aromatic amines is 1. The van der Waals surface area contributed by atoms with Gasteiger partial charge in [0, 0.05) is 10.2 Å². The lowest BCUT2D eigenvalue weighted by atomic mass is 10.2. The maximum atomic E-state index is 6.04. The minimum Gasteiger partial charge on any atom is -0.330 e. The molecule has 1 N–H and O–H groups in total. The molecule has 0 radical (unpaired) electrons. The Hall–Kier alpha value is -1.10. The Morgan fingerprint density at radius 1 is 1.26 bits per heavy atom. The lowest BCUT2D eigenvalue weighted by Gasteiger charge is -2.07. The molecule has 0 aliphatic rings. The second-order valence-corrected chi connectivity index (χ2v) is 5.98. The van der Waals surface area contributed by atoms with Crippen molar-refractivity contribution in [2.75, 3.05) is 0 Å². The molecule has 0 unspecified atom stereocenters. The molecule has 3 rings (SSSR count). The second-order valence-electron chi connectivity index (χ2n) is 4.34. The van der Waals surface area contributed by atoms with E-state index in [1.165, 1.54) is 5.56 Å². The fourth-order valence-electron chi connectivity index (χ4n) is 2.20. The standard InChI is InChI=1S/C14H10BrClN2S/c1-8-3-2-4-12-13(8)18(14(19)17-12)9-5-6-11(16)10(15)7-9/h2-7H,1H3,(H,17,19). The number of halogens is 2. The zero-order valence-corrected chi connectivity index (χ0v) is 13.2. The van der Waals surface area contributed by atoms with Crippen LogP contribution in [-0.2, 0) is 0 Å². The van der Waals surface area contributed by atoms with E-state index in [1.54, 1.807) is 0 Å². The summed E-state index contributed by atoms with van der Waals surface area (Å²) < 4.78 is 3.57. The predicted molar refractivity (Wildman–Crippen MR) is 85.9 cm³/mol. The van der Waals surface area contributed by atoms with Crippen molar-refractivity contribution in [3.05, 3.63) is 56.2 Å². The van der Waals surface area contributed by atoms with Crippen LogP contribution >= 0.6 is 39.7 Å². The van der Waals surface area contributed by atoms with Crippen LogP contribution in [0.25, 0.3) is 16.7 Å². The highest BCUT2D eigenvalue weighted by molar-refractivity contribution is 9.10. The highest BCUT2D eigenvalue weighted by Gasteiger charge is 2.09. The van der Waals surface area contributed by atoms with Crippen molar-refractivity contribution in [2.24, 2.45) is 0 Å². The SMILES string of the molecule is Cc1cccc2[nH]c(=S)n(-c3ccc(Cl)c(Br)c3)c12. The van der Waals surface area contributed by atoms with Crippen LogP contribution in [0.2, 0.25) is 5.02 Å². The van der Waals surface area contributed by atoms with E-state index >= 15 is 0 Å². The first-order chi connectivity index (χ1) is 9.08. The molecule has 19 heavy (non-hydrogen) atoms. The second kappa shape index (κ2) is 4.78. The molecule has 5 heteroatoms. The van der Waals surface area contributed by atoms with Gasteiger partial charge >= 0.3 is 0 Å². The fraction of sp³-hybridized carbons (Fsp3) is 0.0714. The summed E-state index contributed by atoms with van der Waals surface area (Å²) in [6.07, 6.45) is 0. The molecule has 2 aromatic carbocycles. The van der Waals surface area contributed by atoms with Crippen molar-refractivity contribution in [3.8, 4) is 5.69 Å². The number of rotatable bonds is 1. The lowest BCUT2D eigenvalue weighted by molar-refractivity contribution is 1.06. The van der Waals surface area contributed by atoms with Crippen molar-refractivity contribution in [3.63, 3.8) is 0 Å². The summed E-state index contributed by atoms with van der Waals surface area (Å²) in [5.41, 5.74) is 4.30. The Kier molecular flexibility index (Phi) is 3.25. The normalized spacial score (nSPS) is 11.1. The summed E-state index contributed by atoms with van der Waals surface area (Å²) in [7, 11) is 0. The number of benzene rings is 2. The number of nitrogens with one attached hydrogen (secondary N) is 1. The van der Waals surface area contributed by atoms with Crippen LogP contribution in [0.5, 0.6) is 0 Å². The summed E-state index contributed by atoms with van der Waals surface area (Å²) in [6, 6.07) is 11.9. The average molecular weight is 354 g/mol. The van der Waals surface area contributed by atoms with Gasteiger partial charge in [-0.2, -0.15) is 0 Å². The van der Waals surface area contributed by atoms with Gasteiger partial charge in [-0.1, -0.05) is 23.7 Å². The fourth-order valence-corrected chi connectivity index (χ4v) is 2.99. The Bertz CT molecular complexity index is 835. The van der Waals surface area contributed by atoms with E-state index in [0.717, 1.165) is 21.2 Å². The Labute approximate surface area is 129 Å². The summed E-state index contributed by atoms with van der Waals surface area (Å²) in [5.74, 6) is 0. The van der Waals surface area contributed by atoms with Gasteiger partial charge < -0.3 is 4.98 Å². The quantitative estimate of drug-likeness (QED) is 0.580. The molecule has 0 atom stereocenters. The highest BCUT2D eigenvalue weighted by atomic mass is 79.9. The van der Waals surface area contributed by atoms with E-state index in [-0.39, 0.29) is 0 Å². The van der Waals surface area contributed by atoms with E-state index in [9.17, 15) is 0 Å². The van der Waals surface area contributed by atoms with E-state index < -0.39 is 0 Å². The first kappa shape index (κ1) is 12.9. The number of para-hydroxylation sites is 1. The molecule has 0 bridgehead atoms. The number of hydrogen-bond acceptors (Lipinski definition) is 1. The molecule has 2 nitrogen and oxygen atoms in total. The highest BCUT2D eigenvalue weighted by Crippen LogP contribution is 2.28. The van der Waals surface area contributed by atoms with E-state index in [0.29, 0.717) is 9.79 Å². The van der Waals surface area contributed by atoms with Gasteiger partial charge in [0.2, 0.25) is 0 Å². The third kappa shape index (κ3) is 2.14. The first-order valence-corrected chi connectivity index (χ1v) is 7.31. The summed E-state index contributed by atoms with van der Waals surface area (Å²) in [4.78, 5) is 3.23. The monoisotopic (exact) mass is 352 g/mol. The number of nitrogens with zero attached hydrogens (tertiary/aromatic N) is 1. The topological polar surface area (TPSA) is 20.7 Å². The van der Waals surface area contributed by atoms with Gasteiger partial charge in [-0.25, -0.2) is 0 Å². The number of aromatic nitrogens is 2. The summed E-state index contributed by atoms with van der Waals surface area (Å²) in [5, 5.41) is 0.687. The number of aryl methyl sites for hydroxylation is 1. The van der Waals surface area contributed by atoms with Crippen LogP contribution in [0.15, 0.2) is 40.9 Å². The molecular formula is C14H10BrClN2S. The van der Waals surface area contributed by atoms with Crippen LogP contribution in [0.1, 0.15) is 5.56 Å². The molecule has 1 heterocycles. The largest absolute Gasteiger partial charge is 0.330 e. The van der Waals surface area contributed by atoms with Crippen molar-refractivity contribution >= 4 is 50.8 Å². The van der Waals surface area contributed by atoms with Crippen molar-refractivity contribution < 1.29 is 0 Å². The van der Waals surface area contributed by atoms with E-state index in [1.807, 2.05) is 34.9 Å². The minimum absolute atomic E-state index is 0.679. The average Bonchev–Trinajstić information content (AvgIpc) is 2.70. The molecule has 0 aliphatic carbocycles. The molecular weight excluding hydrogens is 344 g/mol. The van der Waals surface area contributed by atoms with Gasteiger partial charge in [0.05, 0.1) is 16.1 Å². The molecule has 0 amide bonds. The van der Waals surface area contributed by atoms with Crippen LogP contribution in [0, 0.1) is 11.7 Å². The smallest absolute Gasteiger partial charge is 0.182 e. The van der Waals surface area contributed by atoms with Gasteiger partial charge in [0.25, 0.3) is 0 Å². The zero-order valence-electron chi connectivity index (χ0n) is 10.1. The number of hydrogen-bond donors (Lipinski definition) is 1. The van der Waals surface area contributed by atoms with Crippen LogP contribution in [0.4, 0.5) is 0 Å². The molecule has 0 aliphatic heterocycles. The molecule has 0 fully saturated rings.